The summed E-state index contributed by atoms with van der Waals surface area (Å²) >= 11 is 4.81. The molecule has 1 aromatic rings. The fourth-order valence-electron chi connectivity index (χ4n) is 1.40. The van der Waals surface area contributed by atoms with Crippen molar-refractivity contribution in [1.29, 1.82) is 0 Å². The number of rotatable bonds is 6. The molecular weight excluding hydrogens is 241 g/mol. The first kappa shape index (κ1) is 13.9. The molecule has 1 atom stereocenters. The summed E-state index contributed by atoms with van der Waals surface area (Å²) < 4.78 is 24.1. The molecule has 17 heavy (non-hydrogen) atoms. The van der Waals surface area contributed by atoms with Crippen molar-refractivity contribution >= 4 is 17.2 Å². The topological polar surface area (TPSA) is 44.5 Å². The van der Waals surface area contributed by atoms with Crippen LogP contribution in [0.25, 0.3) is 0 Å². The van der Waals surface area contributed by atoms with Gasteiger partial charge in [0.1, 0.15) is 16.6 Å². The molecule has 0 fully saturated rings. The van der Waals surface area contributed by atoms with E-state index in [-0.39, 0.29) is 16.7 Å². The molecule has 1 rings (SSSR count). The number of nitrogens with two attached hydrogens (primary N) is 1. The quantitative estimate of drug-likeness (QED) is 0.794. The standard InChI is InChI=1S/C12H16FNO2S/c1-8(6-7-15-2)16-10-5-3-4-9(13)11(10)12(14)17/h3-5,8H,6-7H2,1-2H3,(H2,14,17). The molecule has 0 heterocycles. The second-order valence-corrected chi connectivity index (χ2v) is 4.13. The summed E-state index contributed by atoms with van der Waals surface area (Å²) in [6, 6.07) is 4.53. The maximum Gasteiger partial charge on any atom is 0.137 e. The van der Waals surface area contributed by atoms with Gasteiger partial charge >= 0.3 is 0 Å². The van der Waals surface area contributed by atoms with Gasteiger partial charge in [0.05, 0.1) is 11.7 Å². The first-order valence-corrected chi connectivity index (χ1v) is 5.71. The number of methoxy groups -OCH3 is 1. The van der Waals surface area contributed by atoms with Crippen LogP contribution in [-0.2, 0) is 4.74 Å². The largest absolute Gasteiger partial charge is 0.490 e. The van der Waals surface area contributed by atoms with E-state index in [0.717, 1.165) is 0 Å². The first-order valence-electron chi connectivity index (χ1n) is 5.30. The van der Waals surface area contributed by atoms with Crippen LogP contribution < -0.4 is 10.5 Å². The zero-order valence-electron chi connectivity index (χ0n) is 9.90. The van der Waals surface area contributed by atoms with E-state index < -0.39 is 5.82 Å². The minimum Gasteiger partial charge on any atom is -0.490 e. The van der Waals surface area contributed by atoms with Crippen LogP contribution in [0.5, 0.6) is 5.75 Å². The van der Waals surface area contributed by atoms with Gasteiger partial charge in [-0.25, -0.2) is 4.39 Å². The predicted molar refractivity (Wildman–Crippen MR) is 68.9 cm³/mol. The van der Waals surface area contributed by atoms with Crippen LogP contribution in [0.1, 0.15) is 18.9 Å². The van der Waals surface area contributed by atoms with Gasteiger partial charge in [0.2, 0.25) is 0 Å². The van der Waals surface area contributed by atoms with Gasteiger partial charge in [-0.2, -0.15) is 0 Å². The van der Waals surface area contributed by atoms with Crippen molar-refractivity contribution in [1.82, 2.24) is 0 Å². The molecule has 0 bridgehead atoms. The Morgan fingerprint density at radius 2 is 2.24 bits per heavy atom. The average Bonchev–Trinajstić information content (AvgIpc) is 2.25. The highest BCUT2D eigenvalue weighted by Crippen LogP contribution is 2.23. The smallest absolute Gasteiger partial charge is 0.137 e. The van der Waals surface area contributed by atoms with Gasteiger partial charge in [0, 0.05) is 20.1 Å². The maximum atomic E-state index is 13.5. The van der Waals surface area contributed by atoms with Crippen molar-refractivity contribution < 1.29 is 13.9 Å². The van der Waals surface area contributed by atoms with Crippen molar-refractivity contribution in [3.63, 3.8) is 0 Å². The van der Waals surface area contributed by atoms with E-state index in [0.29, 0.717) is 18.8 Å². The number of thiocarbonyl (C=S) groups is 1. The van der Waals surface area contributed by atoms with Crippen molar-refractivity contribution in [2.24, 2.45) is 5.73 Å². The monoisotopic (exact) mass is 257 g/mol. The number of hydrogen-bond acceptors (Lipinski definition) is 3. The Bertz CT molecular complexity index is 398. The SMILES string of the molecule is COCCC(C)Oc1cccc(F)c1C(N)=S. The van der Waals surface area contributed by atoms with E-state index in [2.05, 4.69) is 0 Å². The van der Waals surface area contributed by atoms with E-state index in [1.54, 1.807) is 19.2 Å². The highest BCUT2D eigenvalue weighted by molar-refractivity contribution is 7.80. The van der Waals surface area contributed by atoms with Gasteiger partial charge in [-0.15, -0.1) is 0 Å². The second kappa shape index (κ2) is 6.51. The van der Waals surface area contributed by atoms with Crippen LogP contribution >= 0.6 is 12.2 Å². The summed E-state index contributed by atoms with van der Waals surface area (Å²) in [6.45, 7) is 2.46. The Labute approximate surface area is 106 Å². The molecule has 0 aliphatic rings. The summed E-state index contributed by atoms with van der Waals surface area (Å²) in [7, 11) is 1.62. The van der Waals surface area contributed by atoms with Crippen LogP contribution in [0.3, 0.4) is 0 Å². The van der Waals surface area contributed by atoms with Crippen LogP contribution in [0, 0.1) is 5.82 Å². The number of hydrogen-bond donors (Lipinski definition) is 1. The van der Waals surface area contributed by atoms with Gasteiger partial charge in [0.25, 0.3) is 0 Å². The second-order valence-electron chi connectivity index (χ2n) is 3.69. The molecule has 0 spiro atoms. The lowest BCUT2D eigenvalue weighted by Gasteiger charge is -2.17. The molecule has 94 valence electrons. The summed E-state index contributed by atoms with van der Waals surface area (Å²) in [6.07, 6.45) is 0.619. The molecule has 0 aliphatic heterocycles. The lowest BCUT2D eigenvalue weighted by molar-refractivity contribution is 0.135. The fraction of sp³-hybridized carbons (Fsp3) is 0.417. The summed E-state index contributed by atoms with van der Waals surface area (Å²) in [5.74, 6) is -0.0879. The van der Waals surface area contributed by atoms with Crippen LogP contribution in [-0.4, -0.2) is 24.8 Å². The normalized spacial score (nSPS) is 12.2. The molecule has 0 aromatic heterocycles. The van der Waals surface area contributed by atoms with Crippen molar-refractivity contribution in [3.05, 3.63) is 29.6 Å². The van der Waals surface area contributed by atoms with Gasteiger partial charge in [0.15, 0.2) is 0 Å². The maximum absolute atomic E-state index is 13.5. The average molecular weight is 257 g/mol. The molecule has 0 amide bonds. The van der Waals surface area contributed by atoms with Gasteiger partial charge in [-0.1, -0.05) is 18.3 Å². The predicted octanol–water partition coefficient (Wildman–Crippen LogP) is 2.26. The molecular formula is C12H16FNO2S. The van der Waals surface area contributed by atoms with E-state index >= 15 is 0 Å². The molecule has 2 N–H and O–H groups in total. The van der Waals surface area contributed by atoms with Crippen molar-refractivity contribution in [2.75, 3.05) is 13.7 Å². The number of ether oxygens (including phenoxy) is 2. The van der Waals surface area contributed by atoms with E-state index in [4.69, 9.17) is 27.4 Å². The molecule has 0 saturated carbocycles. The molecule has 3 nitrogen and oxygen atoms in total. The Balaban J connectivity index is 2.83. The zero-order valence-corrected chi connectivity index (χ0v) is 10.7. The molecule has 0 saturated heterocycles. The molecule has 0 aliphatic carbocycles. The number of halogens is 1. The van der Waals surface area contributed by atoms with Gasteiger partial charge in [-0.05, 0) is 19.1 Å². The third kappa shape index (κ3) is 3.94. The Hall–Kier alpha value is -1.20. The summed E-state index contributed by atoms with van der Waals surface area (Å²) in [5, 5.41) is 0. The fourth-order valence-corrected chi connectivity index (χ4v) is 1.60. The zero-order chi connectivity index (χ0) is 12.8. The van der Waals surface area contributed by atoms with Crippen LogP contribution in [0.15, 0.2) is 18.2 Å². The number of benzene rings is 1. The van der Waals surface area contributed by atoms with E-state index in [9.17, 15) is 4.39 Å². The summed E-state index contributed by atoms with van der Waals surface area (Å²) in [4.78, 5) is -0.00274. The Morgan fingerprint density at radius 1 is 1.53 bits per heavy atom. The minimum atomic E-state index is -0.464. The van der Waals surface area contributed by atoms with Crippen molar-refractivity contribution in [3.8, 4) is 5.75 Å². The molecule has 1 aromatic carbocycles. The van der Waals surface area contributed by atoms with E-state index in [1.165, 1.54) is 6.07 Å². The van der Waals surface area contributed by atoms with Crippen LogP contribution in [0.4, 0.5) is 4.39 Å². The Morgan fingerprint density at radius 3 is 2.82 bits per heavy atom. The molecule has 5 heteroatoms. The summed E-state index contributed by atoms with van der Waals surface area (Å²) in [5.41, 5.74) is 5.64. The van der Waals surface area contributed by atoms with Gasteiger partial charge < -0.3 is 15.2 Å². The molecule has 0 radical (unpaired) electrons. The first-order chi connectivity index (χ1) is 8.06. The third-order valence-electron chi connectivity index (χ3n) is 2.28. The van der Waals surface area contributed by atoms with Crippen molar-refractivity contribution in [2.45, 2.75) is 19.4 Å². The lowest BCUT2D eigenvalue weighted by Crippen LogP contribution is -2.19. The highest BCUT2D eigenvalue weighted by atomic mass is 32.1. The minimum absolute atomic E-state index is 0.00274. The lowest BCUT2D eigenvalue weighted by atomic mass is 10.2. The highest BCUT2D eigenvalue weighted by Gasteiger charge is 2.14. The molecule has 1 unspecified atom stereocenters. The van der Waals surface area contributed by atoms with E-state index in [1.807, 2.05) is 6.92 Å². The Kier molecular flexibility index (Phi) is 5.31. The third-order valence-corrected chi connectivity index (χ3v) is 2.48. The van der Waals surface area contributed by atoms with Crippen LogP contribution in [0.2, 0.25) is 0 Å². The van der Waals surface area contributed by atoms with Gasteiger partial charge in [-0.3, -0.25) is 0 Å².